The Labute approximate surface area is 187 Å². The summed E-state index contributed by atoms with van der Waals surface area (Å²) in [6, 6.07) is 15.6. The molecule has 2 aromatic carbocycles. The molecule has 162 valence electrons. The maximum atomic E-state index is 13.5. The van der Waals surface area contributed by atoms with Gasteiger partial charge in [-0.2, -0.15) is 4.98 Å². The average molecular weight is 450 g/mol. The minimum atomic E-state index is -0.365. The van der Waals surface area contributed by atoms with Crippen molar-refractivity contribution in [2.45, 2.75) is 12.8 Å². The molecular formula is C23H20FN5O2S. The molecule has 0 saturated carbocycles. The zero-order valence-corrected chi connectivity index (χ0v) is 17.9. The molecule has 0 bridgehead atoms. The second kappa shape index (κ2) is 8.51. The van der Waals surface area contributed by atoms with Gasteiger partial charge in [0.1, 0.15) is 5.82 Å². The topological polar surface area (TPSA) is 79.6 Å². The summed E-state index contributed by atoms with van der Waals surface area (Å²) in [5.74, 6) is -0.395. The lowest BCUT2D eigenvalue weighted by Gasteiger charge is -2.16. The van der Waals surface area contributed by atoms with Crippen molar-refractivity contribution >= 4 is 33.8 Å². The number of halogens is 1. The van der Waals surface area contributed by atoms with E-state index in [0.717, 1.165) is 11.4 Å². The molecule has 7 nitrogen and oxygen atoms in total. The van der Waals surface area contributed by atoms with Crippen molar-refractivity contribution in [2.75, 3.05) is 18.0 Å². The van der Waals surface area contributed by atoms with E-state index in [1.54, 1.807) is 21.5 Å². The molecule has 1 aliphatic heterocycles. The maximum Gasteiger partial charge on any atom is 0.227 e. The molecule has 32 heavy (non-hydrogen) atoms. The van der Waals surface area contributed by atoms with Gasteiger partial charge >= 0.3 is 0 Å². The fourth-order valence-corrected chi connectivity index (χ4v) is 4.70. The molecule has 5 rings (SSSR count). The number of benzene rings is 2. The van der Waals surface area contributed by atoms with E-state index in [0.29, 0.717) is 35.9 Å². The van der Waals surface area contributed by atoms with Crippen LogP contribution < -0.4 is 10.2 Å². The summed E-state index contributed by atoms with van der Waals surface area (Å²) < 4.78 is 15.2. The van der Waals surface area contributed by atoms with Crippen LogP contribution in [0.2, 0.25) is 0 Å². The Bertz CT molecular complexity index is 1290. The highest BCUT2D eigenvalue weighted by atomic mass is 32.1. The zero-order chi connectivity index (χ0) is 22.1. The van der Waals surface area contributed by atoms with Crippen LogP contribution in [0.15, 0.2) is 60.0 Å². The molecule has 0 aliphatic carbocycles. The Morgan fingerprint density at radius 2 is 2.03 bits per heavy atom. The van der Waals surface area contributed by atoms with E-state index in [1.165, 1.54) is 23.5 Å². The number of hydrogen-bond donors (Lipinski definition) is 1. The first-order valence-electron chi connectivity index (χ1n) is 10.3. The number of para-hydroxylation sites is 1. The quantitative estimate of drug-likeness (QED) is 0.490. The number of hydrogen-bond acceptors (Lipinski definition) is 5. The highest BCUT2D eigenvalue weighted by Crippen LogP contribution is 2.25. The highest BCUT2D eigenvalue weighted by molar-refractivity contribution is 7.15. The Morgan fingerprint density at radius 1 is 1.19 bits per heavy atom. The minimum absolute atomic E-state index is 0.0385. The first-order chi connectivity index (χ1) is 15.6. The number of rotatable bonds is 6. The number of carbonyl (C=O) groups excluding carboxylic acids is 2. The Hall–Kier alpha value is -3.59. The third-order valence-electron chi connectivity index (χ3n) is 5.48. The van der Waals surface area contributed by atoms with Gasteiger partial charge in [-0.05, 0) is 24.3 Å². The molecule has 1 atom stereocenters. The lowest BCUT2D eigenvalue weighted by atomic mass is 10.1. The van der Waals surface area contributed by atoms with E-state index in [4.69, 9.17) is 0 Å². The lowest BCUT2D eigenvalue weighted by molar-refractivity contribution is -0.126. The van der Waals surface area contributed by atoms with Gasteiger partial charge in [-0.3, -0.25) is 9.59 Å². The fourth-order valence-electron chi connectivity index (χ4n) is 3.85. The fraction of sp³-hybridized carbons (Fsp3) is 0.217. The van der Waals surface area contributed by atoms with Crippen molar-refractivity contribution in [2.24, 2.45) is 5.92 Å². The monoisotopic (exact) mass is 449 g/mol. The number of carbonyl (C=O) groups is 2. The molecule has 1 fully saturated rings. The molecule has 1 N–H and O–H groups in total. The van der Waals surface area contributed by atoms with Crippen LogP contribution in [0, 0.1) is 11.7 Å². The van der Waals surface area contributed by atoms with Crippen LogP contribution in [0.5, 0.6) is 0 Å². The number of fused-ring (bicyclic) bond motifs is 1. The second-order valence-corrected chi connectivity index (χ2v) is 8.49. The SMILES string of the molecule is O=C(NCCc1csc2nc(-c3cccc(F)c3)nn12)[C@H]1CC(=O)N(c2ccccc2)C1. The molecule has 2 amide bonds. The molecule has 0 spiro atoms. The third kappa shape index (κ3) is 3.99. The van der Waals surface area contributed by atoms with Crippen molar-refractivity contribution < 1.29 is 14.0 Å². The maximum absolute atomic E-state index is 13.5. The summed E-state index contributed by atoms with van der Waals surface area (Å²) in [6.45, 7) is 0.813. The Morgan fingerprint density at radius 3 is 2.84 bits per heavy atom. The number of aromatic nitrogens is 3. The summed E-state index contributed by atoms with van der Waals surface area (Å²) in [6.07, 6.45) is 0.782. The summed E-state index contributed by atoms with van der Waals surface area (Å²) in [4.78, 5) is 31.8. The van der Waals surface area contributed by atoms with Crippen LogP contribution in [0.4, 0.5) is 10.1 Å². The number of thiazole rings is 1. The van der Waals surface area contributed by atoms with Gasteiger partial charge in [0.05, 0.1) is 11.6 Å². The van der Waals surface area contributed by atoms with Gasteiger partial charge in [-0.15, -0.1) is 16.4 Å². The molecular weight excluding hydrogens is 429 g/mol. The van der Waals surface area contributed by atoms with E-state index < -0.39 is 0 Å². The zero-order valence-electron chi connectivity index (χ0n) is 17.1. The third-order valence-corrected chi connectivity index (χ3v) is 6.34. The van der Waals surface area contributed by atoms with Crippen LogP contribution in [0.1, 0.15) is 12.1 Å². The summed E-state index contributed by atoms with van der Waals surface area (Å²) in [7, 11) is 0. The van der Waals surface area contributed by atoms with E-state index in [1.807, 2.05) is 35.7 Å². The van der Waals surface area contributed by atoms with Gasteiger partial charge < -0.3 is 10.2 Å². The first-order valence-corrected chi connectivity index (χ1v) is 11.2. The van der Waals surface area contributed by atoms with Gasteiger partial charge in [0.2, 0.25) is 16.8 Å². The standard InChI is InChI=1S/C23H20FN5O2S/c24-17-6-4-5-15(11-17)21-26-23-29(27-21)19(14-32-23)9-10-25-22(31)16-12-20(30)28(13-16)18-7-2-1-3-8-18/h1-8,11,14,16H,9-10,12-13H2,(H,25,31)/t16-/m0/s1. The Balaban J connectivity index is 1.20. The van der Waals surface area contributed by atoms with Gasteiger partial charge in [0.15, 0.2) is 5.82 Å². The highest BCUT2D eigenvalue weighted by Gasteiger charge is 2.34. The van der Waals surface area contributed by atoms with E-state index in [9.17, 15) is 14.0 Å². The van der Waals surface area contributed by atoms with Crippen LogP contribution in [0.25, 0.3) is 16.3 Å². The molecule has 4 aromatic rings. The Kier molecular flexibility index (Phi) is 5.40. The molecule has 9 heteroatoms. The number of nitrogens with zero attached hydrogens (tertiary/aromatic N) is 4. The minimum Gasteiger partial charge on any atom is -0.355 e. The van der Waals surface area contributed by atoms with Crippen LogP contribution in [-0.2, 0) is 16.0 Å². The first kappa shape index (κ1) is 20.3. The molecule has 0 radical (unpaired) electrons. The van der Waals surface area contributed by atoms with Crippen molar-refractivity contribution in [3.05, 3.63) is 71.5 Å². The van der Waals surface area contributed by atoms with Crippen molar-refractivity contribution in [3.8, 4) is 11.4 Å². The van der Waals surface area contributed by atoms with Gasteiger partial charge in [-0.25, -0.2) is 8.91 Å². The molecule has 1 aliphatic rings. The van der Waals surface area contributed by atoms with Crippen molar-refractivity contribution in [1.82, 2.24) is 19.9 Å². The largest absolute Gasteiger partial charge is 0.355 e. The predicted octanol–water partition coefficient (Wildman–Crippen LogP) is 3.31. The smallest absolute Gasteiger partial charge is 0.227 e. The van der Waals surface area contributed by atoms with Gasteiger partial charge in [-0.1, -0.05) is 30.3 Å². The number of amides is 2. The van der Waals surface area contributed by atoms with E-state index in [-0.39, 0.29) is 30.0 Å². The van der Waals surface area contributed by atoms with Crippen LogP contribution in [0.3, 0.4) is 0 Å². The van der Waals surface area contributed by atoms with E-state index in [2.05, 4.69) is 15.4 Å². The predicted molar refractivity (Wildman–Crippen MR) is 120 cm³/mol. The van der Waals surface area contributed by atoms with E-state index >= 15 is 0 Å². The lowest BCUT2D eigenvalue weighted by Crippen LogP contribution is -2.34. The van der Waals surface area contributed by atoms with Crippen molar-refractivity contribution in [3.63, 3.8) is 0 Å². The number of anilines is 1. The molecule has 0 unspecified atom stereocenters. The van der Waals surface area contributed by atoms with Crippen LogP contribution >= 0.6 is 11.3 Å². The van der Waals surface area contributed by atoms with Crippen molar-refractivity contribution in [1.29, 1.82) is 0 Å². The summed E-state index contributed by atoms with van der Waals surface area (Å²) in [5.41, 5.74) is 2.34. The summed E-state index contributed by atoms with van der Waals surface area (Å²) in [5, 5.41) is 9.39. The normalized spacial score (nSPS) is 16.1. The second-order valence-electron chi connectivity index (χ2n) is 7.65. The molecule has 2 aromatic heterocycles. The van der Waals surface area contributed by atoms with Crippen LogP contribution in [-0.4, -0.2) is 39.5 Å². The molecule has 1 saturated heterocycles. The average Bonchev–Trinajstić information content (AvgIpc) is 3.49. The summed E-state index contributed by atoms with van der Waals surface area (Å²) >= 11 is 1.45. The molecule has 3 heterocycles. The number of nitrogens with one attached hydrogen (secondary N) is 1. The van der Waals surface area contributed by atoms with Gasteiger partial charge in [0, 0.05) is 42.6 Å². The van der Waals surface area contributed by atoms with Gasteiger partial charge in [0.25, 0.3) is 0 Å².